The first-order chi connectivity index (χ1) is 8.65. The molecular weight excluding hydrogens is 232 g/mol. The smallest absolute Gasteiger partial charge is 0.271 e. The maximum atomic E-state index is 10.7. The number of nitro benzene ring substituents is 1. The summed E-state index contributed by atoms with van der Waals surface area (Å²) in [5.41, 5.74) is 4.13. The first-order valence-corrected chi connectivity index (χ1v) is 6.10. The number of anilines is 1. The first-order valence-electron chi connectivity index (χ1n) is 6.10. The predicted molar refractivity (Wildman–Crippen MR) is 70.4 cm³/mol. The van der Waals surface area contributed by atoms with E-state index in [0.717, 1.165) is 38.3 Å². The van der Waals surface area contributed by atoms with E-state index in [2.05, 4.69) is 22.4 Å². The summed E-state index contributed by atoms with van der Waals surface area (Å²) < 4.78 is 0. The molecule has 0 aliphatic carbocycles. The molecule has 0 amide bonds. The minimum Gasteiger partial charge on any atom is -0.319 e. The summed E-state index contributed by atoms with van der Waals surface area (Å²) in [6.45, 7) is 3.96. The van der Waals surface area contributed by atoms with Crippen LogP contribution in [0.1, 0.15) is 6.42 Å². The molecule has 1 N–H and O–H groups in total. The van der Waals surface area contributed by atoms with Crippen LogP contribution in [0.3, 0.4) is 0 Å². The molecule has 1 saturated heterocycles. The molecule has 0 unspecified atom stereocenters. The molecule has 6 heteroatoms. The molecule has 1 aromatic rings. The van der Waals surface area contributed by atoms with Crippen LogP contribution in [0, 0.1) is 10.1 Å². The average molecular weight is 250 g/mol. The molecule has 0 atom stereocenters. The van der Waals surface area contributed by atoms with E-state index in [-0.39, 0.29) is 10.6 Å². The van der Waals surface area contributed by atoms with Crippen molar-refractivity contribution < 1.29 is 4.92 Å². The van der Waals surface area contributed by atoms with E-state index in [1.165, 1.54) is 6.07 Å². The van der Waals surface area contributed by atoms with Crippen molar-refractivity contribution in [2.75, 3.05) is 38.7 Å². The molecule has 0 spiro atoms. The van der Waals surface area contributed by atoms with Gasteiger partial charge in [0.15, 0.2) is 0 Å². The van der Waals surface area contributed by atoms with Crippen LogP contribution >= 0.6 is 0 Å². The van der Waals surface area contributed by atoms with Gasteiger partial charge in [-0.2, -0.15) is 0 Å². The lowest BCUT2D eigenvalue weighted by Gasteiger charge is -2.22. The lowest BCUT2D eigenvalue weighted by atomic mass is 10.3. The van der Waals surface area contributed by atoms with Crippen LogP contribution < -0.4 is 5.43 Å². The Morgan fingerprint density at radius 1 is 1.28 bits per heavy atom. The Morgan fingerprint density at radius 3 is 2.89 bits per heavy atom. The van der Waals surface area contributed by atoms with Gasteiger partial charge in [-0.15, -0.1) is 0 Å². The average Bonchev–Trinajstić information content (AvgIpc) is 2.55. The van der Waals surface area contributed by atoms with Crippen molar-refractivity contribution in [1.29, 1.82) is 0 Å². The third kappa shape index (κ3) is 3.41. The van der Waals surface area contributed by atoms with Crippen molar-refractivity contribution in [1.82, 2.24) is 9.91 Å². The number of nitrogens with one attached hydrogen (secondary N) is 1. The lowest BCUT2D eigenvalue weighted by Crippen LogP contribution is -2.33. The van der Waals surface area contributed by atoms with Gasteiger partial charge >= 0.3 is 0 Å². The third-order valence-electron chi connectivity index (χ3n) is 3.06. The normalized spacial score (nSPS) is 18.3. The molecule has 0 bridgehead atoms. The van der Waals surface area contributed by atoms with Gasteiger partial charge < -0.3 is 10.3 Å². The maximum Gasteiger partial charge on any atom is 0.271 e. The molecule has 0 aromatic heterocycles. The van der Waals surface area contributed by atoms with Gasteiger partial charge in [-0.1, -0.05) is 6.07 Å². The van der Waals surface area contributed by atoms with E-state index < -0.39 is 0 Å². The zero-order valence-corrected chi connectivity index (χ0v) is 10.5. The van der Waals surface area contributed by atoms with Crippen LogP contribution in [0.25, 0.3) is 0 Å². The molecule has 1 aromatic carbocycles. The number of hydrazine groups is 1. The van der Waals surface area contributed by atoms with E-state index in [1.807, 2.05) is 6.07 Å². The second kappa shape index (κ2) is 5.79. The van der Waals surface area contributed by atoms with Crippen LogP contribution in [0.15, 0.2) is 24.3 Å². The Kier molecular flexibility index (Phi) is 4.11. The highest BCUT2D eigenvalue weighted by molar-refractivity contribution is 5.50. The number of hydrogen-bond donors (Lipinski definition) is 1. The largest absolute Gasteiger partial charge is 0.319 e. The van der Waals surface area contributed by atoms with E-state index in [1.54, 1.807) is 12.1 Å². The van der Waals surface area contributed by atoms with E-state index >= 15 is 0 Å². The highest BCUT2D eigenvalue weighted by atomic mass is 16.6. The Morgan fingerprint density at radius 2 is 2.11 bits per heavy atom. The van der Waals surface area contributed by atoms with Gasteiger partial charge in [0.1, 0.15) is 0 Å². The van der Waals surface area contributed by atoms with Gasteiger partial charge in [0.25, 0.3) is 5.69 Å². The van der Waals surface area contributed by atoms with E-state index in [0.29, 0.717) is 0 Å². The van der Waals surface area contributed by atoms with Crippen LogP contribution in [0.5, 0.6) is 0 Å². The molecule has 1 aliphatic rings. The maximum absolute atomic E-state index is 10.7. The highest BCUT2D eigenvalue weighted by Gasteiger charge is 2.13. The van der Waals surface area contributed by atoms with E-state index in [9.17, 15) is 10.1 Å². The minimum atomic E-state index is -0.374. The zero-order valence-electron chi connectivity index (χ0n) is 10.5. The fourth-order valence-electron chi connectivity index (χ4n) is 2.03. The van der Waals surface area contributed by atoms with E-state index in [4.69, 9.17) is 0 Å². The summed E-state index contributed by atoms with van der Waals surface area (Å²) in [5, 5.41) is 12.8. The van der Waals surface area contributed by atoms with Gasteiger partial charge in [0, 0.05) is 31.8 Å². The number of benzene rings is 1. The van der Waals surface area contributed by atoms with Crippen molar-refractivity contribution in [3.63, 3.8) is 0 Å². The van der Waals surface area contributed by atoms with Crippen LogP contribution in [0.2, 0.25) is 0 Å². The second-order valence-electron chi connectivity index (χ2n) is 4.56. The number of nitro groups is 1. The fraction of sp³-hybridized carbons (Fsp3) is 0.500. The number of rotatable bonds is 3. The highest BCUT2D eigenvalue weighted by Crippen LogP contribution is 2.17. The molecule has 1 fully saturated rings. The van der Waals surface area contributed by atoms with Crippen LogP contribution in [0.4, 0.5) is 11.4 Å². The summed E-state index contributed by atoms with van der Waals surface area (Å²) in [4.78, 5) is 12.6. The van der Waals surface area contributed by atoms with Crippen molar-refractivity contribution in [3.05, 3.63) is 34.4 Å². The zero-order chi connectivity index (χ0) is 13.0. The van der Waals surface area contributed by atoms with Crippen LogP contribution in [-0.2, 0) is 0 Å². The standard InChI is InChI=1S/C12H18N4O2/c1-14-6-3-7-15(9-8-14)13-11-4-2-5-12(10-11)16(17)18/h2,4-5,10,13H,3,6-9H2,1H3. The summed E-state index contributed by atoms with van der Waals surface area (Å²) in [5.74, 6) is 0. The summed E-state index contributed by atoms with van der Waals surface area (Å²) in [6, 6.07) is 6.61. The summed E-state index contributed by atoms with van der Waals surface area (Å²) >= 11 is 0. The van der Waals surface area contributed by atoms with Gasteiger partial charge in [-0.3, -0.25) is 10.1 Å². The van der Waals surface area contributed by atoms with Gasteiger partial charge in [-0.25, -0.2) is 5.01 Å². The predicted octanol–water partition coefficient (Wildman–Crippen LogP) is 1.56. The molecule has 0 radical (unpaired) electrons. The van der Waals surface area contributed by atoms with Crippen molar-refractivity contribution in [3.8, 4) is 0 Å². The van der Waals surface area contributed by atoms with Crippen LogP contribution in [-0.4, -0.2) is 48.1 Å². The lowest BCUT2D eigenvalue weighted by molar-refractivity contribution is -0.384. The Hall–Kier alpha value is -1.66. The third-order valence-corrected chi connectivity index (χ3v) is 3.06. The van der Waals surface area contributed by atoms with Crippen molar-refractivity contribution in [2.24, 2.45) is 0 Å². The summed E-state index contributed by atoms with van der Waals surface area (Å²) in [7, 11) is 2.11. The molecule has 2 rings (SSSR count). The molecule has 0 saturated carbocycles. The number of likely N-dealkylation sites (N-methyl/N-ethyl adjacent to an activating group) is 1. The first kappa shape index (κ1) is 12.8. The van der Waals surface area contributed by atoms with Gasteiger partial charge in [0.05, 0.1) is 10.6 Å². The summed E-state index contributed by atoms with van der Waals surface area (Å²) in [6.07, 6.45) is 1.10. The molecule has 18 heavy (non-hydrogen) atoms. The topological polar surface area (TPSA) is 61.6 Å². The molecule has 1 aliphatic heterocycles. The molecule has 6 nitrogen and oxygen atoms in total. The van der Waals surface area contributed by atoms with Crippen molar-refractivity contribution in [2.45, 2.75) is 6.42 Å². The number of non-ortho nitro benzene ring substituents is 1. The quantitative estimate of drug-likeness (QED) is 0.651. The Labute approximate surface area is 106 Å². The fourth-order valence-corrected chi connectivity index (χ4v) is 2.03. The molecular formula is C12H18N4O2. The minimum absolute atomic E-state index is 0.118. The Bertz CT molecular complexity index is 424. The monoisotopic (exact) mass is 250 g/mol. The number of hydrogen-bond acceptors (Lipinski definition) is 5. The molecule has 98 valence electrons. The van der Waals surface area contributed by atoms with Crippen molar-refractivity contribution >= 4 is 11.4 Å². The second-order valence-corrected chi connectivity index (χ2v) is 4.56. The van der Waals surface area contributed by atoms with Gasteiger partial charge in [0.2, 0.25) is 0 Å². The number of nitrogens with zero attached hydrogens (tertiary/aromatic N) is 3. The van der Waals surface area contributed by atoms with Gasteiger partial charge in [-0.05, 0) is 26.1 Å². The Balaban J connectivity index is 2.00. The SMILES string of the molecule is CN1CCCN(Nc2cccc([N+](=O)[O-])c2)CC1. The molecule has 1 heterocycles.